The summed E-state index contributed by atoms with van der Waals surface area (Å²) in [5, 5.41) is 0.631. The van der Waals surface area contributed by atoms with Crippen molar-refractivity contribution in [2.75, 3.05) is 19.7 Å². The summed E-state index contributed by atoms with van der Waals surface area (Å²) in [7, 11) is 0. The first-order valence-electron chi connectivity index (χ1n) is 7.04. The maximum atomic E-state index is 12.1. The van der Waals surface area contributed by atoms with E-state index in [9.17, 15) is 9.59 Å². The molecule has 0 saturated carbocycles. The summed E-state index contributed by atoms with van der Waals surface area (Å²) < 4.78 is 10.6. The molecule has 0 N–H and O–H groups in total. The molecule has 3 heterocycles. The van der Waals surface area contributed by atoms with Gasteiger partial charge in [0.05, 0.1) is 5.69 Å². The summed E-state index contributed by atoms with van der Waals surface area (Å²) in [5.41, 5.74) is 0.579. The van der Waals surface area contributed by atoms with Gasteiger partial charge >= 0.3 is 5.97 Å². The summed E-state index contributed by atoms with van der Waals surface area (Å²) >= 11 is 1.21. The van der Waals surface area contributed by atoms with Crippen molar-refractivity contribution in [1.29, 1.82) is 0 Å². The molecule has 1 aliphatic heterocycles. The number of esters is 1. The highest BCUT2D eigenvalue weighted by Crippen LogP contribution is 2.29. The first kappa shape index (κ1) is 14.8. The van der Waals surface area contributed by atoms with E-state index in [-0.39, 0.29) is 12.5 Å². The van der Waals surface area contributed by atoms with Crippen molar-refractivity contribution in [3.63, 3.8) is 0 Å². The lowest BCUT2D eigenvalue weighted by Crippen LogP contribution is -2.44. The minimum Gasteiger partial charge on any atom is -0.459 e. The molecule has 0 aliphatic carbocycles. The lowest BCUT2D eigenvalue weighted by Gasteiger charge is -2.30. The smallest absolute Gasteiger partial charge is 0.350 e. The van der Waals surface area contributed by atoms with Crippen molar-refractivity contribution in [3.8, 4) is 10.8 Å². The maximum Gasteiger partial charge on any atom is 0.350 e. The van der Waals surface area contributed by atoms with Crippen LogP contribution in [0.2, 0.25) is 0 Å². The Morgan fingerprint density at radius 3 is 2.73 bits per heavy atom. The fraction of sp³-hybridized carbons (Fsp3) is 0.400. The van der Waals surface area contributed by atoms with Crippen molar-refractivity contribution in [1.82, 2.24) is 9.88 Å². The van der Waals surface area contributed by atoms with Crippen LogP contribution in [-0.4, -0.2) is 41.5 Å². The third kappa shape index (κ3) is 2.89. The van der Waals surface area contributed by atoms with Crippen LogP contribution in [0.15, 0.2) is 16.5 Å². The van der Waals surface area contributed by atoms with Gasteiger partial charge in [-0.05, 0) is 32.4 Å². The molecule has 0 unspecified atom stereocenters. The molecule has 0 bridgehead atoms. The zero-order chi connectivity index (χ0) is 15.7. The quantitative estimate of drug-likeness (QED) is 0.809. The van der Waals surface area contributed by atoms with Crippen LogP contribution in [0, 0.1) is 13.8 Å². The number of rotatable bonds is 4. The summed E-state index contributed by atoms with van der Waals surface area (Å²) in [6, 6.07) is 3.66. The first-order valence-corrected chi connectivity index (χ1v) is 7.85. The van der Waals surface area contributed by atoms with E-state index < -0.39 is 5.97 Å². The molecule has 7 heteroatoms. The van der Waals surface area contributed by atoms with Crippen LogP contribution < -0.4 is 0 Å². The van der Waals surface area contributed by atoms with E-state index in [1.54, 1.807) is 11.8 Å². The number of thiazole rings is 1. The first-order chi connectivity index (χ1) is 10.5. The second-order valence-electron chi connectivity index (χ2n) is 5.15. The van der Waals surface area contributed by atoms with Crippen molar-refractivity contribution >= 4 is 23.2 Å². The van der Waals surface area contributed by atoms with Crippen LogP contribution in [0.5, 0.6) is 0 Å². The summed E-state index contributed by atoms with van der Waals surface area (Å²) in [5.74, 6) is 0.746. The average Bonchev–Trinajstić information content (AvgIpc) is 3.00. The molecule has 2 aromatic heterocycles. The van der Waals surface area contributed by atoms with E-state index in [0.29, 0.717) is 21.3 Å². The molecule has 6 nitrogen and oxygen atoms in total. The summed E-state index contributed by atoms with van der Waals surface area (Å²) in [4.78, 5) is 30.2. The van der Waals surface area contributed by atoms with Gasteiger partial charge in [-0.2, -0.15) is 0 Å². The number of amides is 1. The fourth-order valence-corrected chi connectivity index (χ4v) is 3.01. The van der Waals surface area contributed by atoms with Crippen LogP contribution in [0.25, 0.3) is 10.8 Å². The van der Waals surface area contributed by atoms with Crippen molar-refractivity contribution < 1.29 is 18.7 Å². The molecular formula is C15H16N2O4S. The van der Waals surface area contributed by atoms with Gasteiger partial charge in [0.25, 0.3) is 5.91 Å². The predicted octanol–water partition coefficient (Wildman–Crippen LogP) is 2.41. The molecule has 0 radical (unpaired) electrons. The van der Waals surface area contributed by atoms with Gasteiger partial charge in [-0.1, -0.05) is 0 Å². The van der Waals surface area contributed by atoms with E-state index in [1.165, 1.54) is 11.3 Å². The number of carbonyl (C=O) groups is 2. The molecule has 0 atom stereocenters. The van der Waals surface area contributed by atoms with Crippen LogP contribution in [-0.2, 0) is 9.53 Å². The number of nitrogens with zero attached hydrogens (tertiary/aromatic N) is 2. The maximum absolute atomic E-state index is 12.1. The Hall–Kier alpha value is -2.15. The average molecular weight is 320 g/mol. The van der Waals surface area contributed by atoms with Gasteiger partial charge in [-0.25, -0.2) is 9.78 Å². The number of hydrogen-bond donors (Lipinski definition) is 0. The molecule has 116 valence electrons. The lowest BCUT2D eigenvalue weighted by atomic mass is 10.2. The number of aromatic nitrogens is 1. The third-order valence-corrected chi connectivity index (χ3v) is 4.62. The van der Waals surface area contributed by atoms with Crippen molar-refractivity contribution in [2.45, 2.75) is 20.3 Å². The third-order valence-electron chi connectivity index (χ3n) is 3.47. The van der Waals surface area contributed by atoms with E-state index in [2.05, 4.69) is 4.98 Å². The Morgan fingerprint density at radius 1 is 1.36 bits per heavy atom. The molecule has 0 spiro atoms. The van der Waals surface area contributed by atoms with Crippen LogP contribution in [0.3, 0.4) is 0 Å². The Morgan fingerprint density at radius 2 is 2.14 bits per heavy atom. The second-order valence-corrected chi connectivity index (χ2v) is 6.15. The van der Waals surface area contributed by atoms with E-state index >= 15 is 0 Å². The van der Waals surface area contributed by atoms with Gasteiger partial charge in [-0.3, -0.25) is 4.79 Å². The van der Waals surface area contributed by atoms with Crippen LogP contribution in [0.1, 0.15) is 27.5 Å². The van der Waals surface area contributed by atoms with Crippen molar-refractivity contribution in [2.24, 2.45) is 0 Å². The van der Waals surface area contributed by atoms with Gasteiger partial charge in [0, 0.05) is 13.1 Å². The minimum atomic E-state index is -0.515. The molecule has 2 aromatic rings. The molecule has 0 aromatic carbocycles. The highest BCUT2D eigenvalue weighted by Gasteiger charge is 2.23. The number of ether oxygens (including phenoxy) is 1. The Bertz CT molecular complexity index is 715. The van der Waals surface area contributed by atoms with Crippen molar-refractivity contribution in [3.05, 3.63) is 28.5 Å². The molecule has 1 saturated heterocycles. The topological polar surface area (TPSA) is 72.6 Å². The lowest BCUT2D eigenvalue weighted by molar-refractivity contribution is -0.137. The van der Waals surface area contributed by atoms with E-state index in [0.717, 1.165) is 25.3 Å². The molecule has 1 amide bonds. The monoisotopic (exact) mass is 320 g/mol. The van der Waals surface area contributed by atoms with E-state index in [4.69, 9.17) is 9.15 Å². The predicted molar refractivity (Wildman–Crippen MR) is 80.8 cm³/mol. The van der Waals surface area contributed by atoms with Gasteiger partial charge in [-0.15, -0.1) is 11.3 Å². The highest BCUT2D eigenvalue weighted by atomic mass is 32.1. The Labute approximate surface area is 131 Å². The van der Waals surface area contributed by atoms with Crippen LogP contribution in [0.4, 0.5) is 0 Å². The van der Waals surface area contributed by atoms with Gasteiger partial charge in [0.1, 0.15) is 10.6 Å². The zero-order valence-corrected chi connectivity index (χ0v) is 13.2. The van der Waals surface area contributed by atoms with Gasteiger partial charge in [0.15, 0.2) is 17.4 Å². The Balaban J connectivity index is 1.67. The van der Waals surface area contributed by atoms with E-state index in [1.807, 2.05) is 19.1 Å². The summed E-state index contributed by atoms with van der Waals surface area (Å²) in [6.45, 7) is 4.87. The molecule has 22 heavy (non-hydrogen) atoms. The van der Waals surface area contributed by atoms with Gasteiger partial charge in [0.2, 0.25) is 0 Å². The largest absolute Gasteiger partial charge is 0.459 e. The van der Waals surface area contributed by atoms with Gasteiger partial charge < -0.3 is 14.1 Å². The number of hydrogen-bond acceptors (Lipinski definition) is 6. The SMILES string of the molecule is Cc1ccc(-c2nc(C)c(C(=O)OCC(=O)N3CCC3)s2)o1. The van der Waals surface area contributed by atoms with Crippen LogP contribution >= 0.6 is 11.3 Å². The minimum absolute atomic E-state index is 0.149. The number of carbonyl (C=O) groups excluding carboxylic acids is 2. The standard InChI is InChI=1S/C15H16N2O4S/c1-9-4-5-11(21-9)14-16-10(2)13(22-14)15(19)20-8-12(18)17-6-3-7-17/h4-5H,3,6-8H2,1-2H3. The number of furan rings is 1. The Kier molecular flexibility index (Phi) is 3.98. The number of aryl methyl sites for hydroxylation is 2. The molecule has 1 fully saturated rings. The molecule has 3 rings (SSSR count). The normalized spacial score (nSPS) is 13.8. The molecule has 1 aliphatic rings. The highest BCUT2D eigenvalue weighted by molar-refractivity contribution is 7.17. The fourth-order valence-electron chi connectivity index (χ4n) is 2.09. The second kappa shape index (κ2) is 5.92. The number of likely N-dealkylation sites (tertiary alicyclic amines) is 1. The zero-order valence-electron chi connectivity index (χ0n) is 12.4. The summed E-state index contributed by atoms with van der Waals surface area (Å²) in [6.07, 6.45) is 1.01. The molecular weight excluding hydrogens is 304 g/mol.